The maximum absolute atomic E-state index is 12.1. The lowest BCUT2D eigenvalue weighted by molar-refractivity contribution is 0.0955. The largest absolute Gasteiger partial charge is 0.357 e. The Kier molecular flexibility index (Phi) is 9.78. The zero-order chi connectivity index (χ0) is 20.4. The van der Waals surface area contributed by atoms with E-state index >= 15 is 0 Å². The van der Waals surface area contributed by atoms with Gasteiger partial charge < -0.3 is 16.0 Å². The molecule has 3 atom stereocenters. The molecule has 1 aromatic rings. The van der Waals surface area contributed by atoms with Crippen LogP contribution in [0, 0.1) is 0 Å². The smallest absolute Gasteiger partial charge is 0.251 e. The Morgan fingerprint density at radius 1 is 1.21 bits per heavy atom. The zero-order valence-corrected chi connectivity index (χ0v) is 18.2. The third-order valence-corrected chi connectivity index (χ3v) is 6.73. The van der Waals surface area contributed by atoms with Crippen molar-refractivity contribution in [1.82, 2.24) is 16.0 Å². The van der Waals surface area contributed by atoms with E-state index in [0.29, 0.717) is 23.7 Å². The van der Waals surface area contributed by atoms with Crippen molar-refractivity contribution in [3.8, 4) is 0 Å². The third-order valence-electron chi connectivity index (χ3n) is 4.74. The monoisotopic (exact) mass is 426 g/mol. The van der Waals surface area contributed by atoms with Gasteiger partial charge >= 0.3 is 0 Å². The van der Waals surface area contributed by atoms with Crippen LogP contribution in [0.4, 0.5) is 0 Å². The Morgan fingerprint density at radius 3 is 2.64 bits per heavy atom. The number of benzene rings is 1. The van der Waals surface area contributed by atoms with E-state index in [0.717, 1.165) is 43.9 Å². The summed E-state index contributed by atoms with van der Waals surface area (Å²) >= 11 is 5.84. The summed E-state index contributed by atoms with van der Waals surface area (Å²) in [6.07, 6.45) is 4.11. The highest BCUT2D eigenvalue weighted by Gasteiger charge is 2.26. The maximum atomic E-state index is 12.1. The molecule has 28 heavy (non-hydrogen) atoms. The number of rotatable bonds is 8. The standard InChI is InChI=1S/C20H31ClN4O2S/c1-3-22-20(25-17-6-5-7-18(14-17)28(27)4-2)24-13-12-23-19(26)15-8-10-16(21)11-9-15/h8-11,17-18H,3-7,12-14H2,1-2H3,(H,23,26)(H2,22,24,25). The van der Waals surface area contributed by atoms with Gasteiger partial charge in [0.15, 0.2) is 5.96 Å². The molecule has 2 rings (SSSR count). The van der Waals surface area contributed by atoms with E-state index in [-0.39, 0.29) is 17.2 Å². The number of nitrogens with zero attached hydrogens (tertiary/aromatic N) is 1. The van der Waals surface area contributed by atoms with Gasteiger partial charge in [-0.1, -0.05) is 24.9 Å². The zero-order valence-electron chi connectivity index (χ0n) is 16.7. The van der Waals surface area contributed by atoms with Crippen molar-refractivity contribution in [2.24, 2.45) is 4.99 Å². The summed E-state index contributed by atoms with van der Waals surface area (Å²) in [5.74, 6) is 1.33. The maximum Gasteiger partial charge on any atom is 0.251 e. The molecule has 6 nitrogen and oxygen atoms in total. The van der Waals surface area contributed by atoms with Crippen LogP contribution in [-0.2, 0) is 10.8 Å². The van der Waals surface area contributed by atoms with Crippen molar-refractivity contribution in [2.75, 3.05) is 25.4 Å². The van der Waals surface area contributed by atoms with Gasteiger partial charge in [0.2, 0.25) is 0 Å². The number of carbonyl (C=O) groups excluding carboxylic acids is 1. The first-order valence-corrected chi connectivity index (χ1v) is 11.7. The van der Waals surface area contributed by atoms with Crippen molar-refractivity contribution in [3.63, 3.8) is 0 Å². The van der Waals surface area contributed by atoms with Gasteiger partial charge in [0, 0.05) is 51.5 Å². The molecule has 0 heterocycles. The van der Waals surface area contributed by atoms with Crippen LogP contribution in [-0.4, -0.2) is 52.8 Å². The van der Waals surface area contributed by atoms with Crippen LogP contribution in [0.25, 0.3) is 0 Å². The van der Waals surface area contributed by atoms with Gasteiger partial charge in [-0.3, -0.25) is 14.0 Å². The molecule has 3 unspecified atom stereocenters. The topological polar surface area (TPSA) is 82.6 Å². The van der Waals surface area contributed by atoms with Gasteiger partial charge in [0.05, 0.1) is 6.54 Å². The van der Waals surface area contributed by atoms with Gasteiger partial charge in [-0.25, -0.2) is 0 Å². The highest BCUT2D eigenvalue weighted by atomic mass is 35.5. The first-order valence-electron chi connectivity index (χ1n) is 9.99. The van der Waals surface area contributed by atoms with Crippen LogP contribution >= 0.6 is 11.6 Å². The number of hydrogen-bond acceptors (Lipinski definition) is 3. The summed E-state index contributed by atoms with van der Waals surface area (Å²) in [5, 5.41) is 10.5. The molecule has 1 amide bonds. The van der Waals surface area contributed by atoms with E-state index < -0.39 is 10.8 Å². The first kappa shape index (κ1) is 22.7. The number of amides is 1. The van der Waals surface area contributed by atoms with Gasteiger partial charge in [-0.15, -0.1) is 0 Å². The molecule has 8 heteroatoms. The highest BCUT2D eigenvalue weighted by molar-refractivity contribution is 7.85. The van der Waals surface area contributed by atoms with Gasteiger partial charge in [0.1, 0.15) is 0 Å². The third kappa shape index (κ3) is 7.43. The summed E-state index contributed by atoms with van der Waals surface area (Å²) in [5.41, 5.74) is 0.579. The Labute approximate surface area is 175 Å². The SMILES string of the molecule is CCNC(=NCCNC(=O)c1ccc(Cl)cc1)NC1CCCC(S(=O)CC)C1. The van der Waals surface area contributed by atoms with E-state index in [1.54, 1.807) is 24.3 Å². The van der Waals surface area contributed by atoms with Crippen molar-refractivity contribution in [3.05, 3.63) is 34.9 Å². The minimum atomic E-state index is -0.741. The predicted molar refractivity (Wildman–Crippen MR) is 118 cm³/mol. The number of hydrogen-bond donors (Lipinski definition) is 3. The van der Waals surface area contributed by atoms with E-state index in [1.165, 1.54) is 0 Å². The van der Waals surface area contributed by atoms with Crippen LogP contribution < -0.4 is 16.0 Å². The molecule has 0 saturated heterocycles. The Hall–Kier alpha value is -1.60. The van der Waals surface area contributed by atoms with Gasteiger partial charge in [-0.2, -0.15) is 0 Å². The normalized spacial score (nSPS) is 21.0. The first-order chi connectivity index (χ1) is 13.5. The van der Waals surface area contributed by atoms with Gasteiger partial charge in [-0.05, 0) is 50.5 Å². The molecule has 0 radical (unpaired) electrons. The summed E-state index contributed by atoms with van der Waals surface area (Å²) in [6.45, 7) is 5.70. The van der Waals surface area contributed by atoms with Crippen molar-refractivity contribution < 1.29 is 9.00 Å². The second-order valence-corrected chi connectivity index (χ2v) is 9.26. The average molecular weight is 427 g/mol. The fraction of sp³-hybridized carbons (Fsp3) is 0.600. The number of halogens is 1. The Balaban J connectivity index is 1.82. The number of aliphatic imine (C=N–C) groups is 1. The minimum absolute atomic E-state index is 0.137. The highest BCUT2D eigenvalue weighted by Crippen LogP contribution is 2.22. The van der Waals surface area contributed by atoms with Crippen molar-refractivity contribution in [2.45, 2.75) is 50.8 Å². The summed E-state index contributed by atoms with van der Waals surface area (Å²) in [7, 11) is -0.741. The van der Waals surface area contributed by atoms with Crippen molar-refractivity contribution in [1.29, 1.82) is 0 Å². The van der Waals surface area contributed by atoms with E-state index in [9.17, 15) is 9.00 Å². The molecule has 1 fully saturated rings. The van der Waals surface area contributed by atoms with Crippen LogP contribution in [0.1, 0.15) is 49.9 Å². The molecule has 3 N–H and O–H groups in total. The lowest BCUT2D eigenvalue weighted by atomic mass is 9.95. The minimum Gasteiger partial charge on any atom is -0.357 e. The van der Waals surface area contributed by atoms with Crippen LogP contribution in [0.2, 0.25) is 5.02 Å². The van der Waals surface area contributed by atoms with Crippen LogP contribution in [0.15, 0.2) is 29.3 Å². The molecular weight excluding hydrogens is 396 g/mol. The molecule has 0 aromatic heterocycles. The fourth-order valence-corrected chi connectivity index (χ4v) is 4.78. The molecule has 0 aliphatic heterocycles. The lowest BCUT2D eigenvalue weighted by Crippen LogP contribution is -2.47. The van der Waals surface area contributed by atoms with Crippen LogP contribution in [0.3, 0.4) is 0 Å². The van der Waals surface area contributed by atoms with E-state index in [1.807, 2.05) is 13.8 Å². The Bertz CT molecular complexity index is 681. The van der Waals surface area contributed by atoms with Crippen LogP contribution in [0.5, 0.6) is 0 Å². The molecule has 0 bridgehead atoms. The average Bonchev–Trinajstić information content (AvgIpc) is 2.71. The number of guanidine groups is 1. The van der Waals surface area contributed by atoms with E-state index in [2.05, 4.69) is 20.9 Å². The predicted octanol–water partition coefficient (Wildman–Crippen LogP) is 2.70. The molecular formula is C20H31ClN4O2S. The molecule has 1 saturated carbocycles. The second kappa shape index (κ2) is 12.1. The Morgan fingerprint density at radius 2 is 1.96 bits per heavy atom. The number of nitrogens with one attached hydrogen (secondary N) is 3. The number of carbonyl (C=O) groups is 1. The molecule has 0 spiro atoms. The molecule has 1 aliphatic rings. The molecule has 1 aromatic carbocycles. The summed E-state index contributed by atoms with van der Waals surface area (Å²) < 4.78 is 12.1. The quantitative estimate of drug-likeness (QED) is 0.339. The summed E-state index contributed by atoms with van der Waals surface area (Å²) in [4.78, 5) is 16.7. The lowest BCUT2D eigenvalue weighted by Gasteiger charge is -2.30. The van der Waals surface area contributed by atoms with Gasteiger partial charge in [0.25, 0.3) is 5.91 Å². The molecule has 1 aliphatic carbocycles. The summed E-state index contributed by atoms with van der Waals surface area (Å²) in [6, 6.07) is 7.09. The molecule has 156 valence electrons. The second-order valence-electron chi connectivity index (χ2n) is 6.82. The van der Waals surface area contributed by atoms with Crippen molar-refractivity contribution >= 4 is 34.3 Å². The van der Waals surface area contributed by atoms with E-state index in [4.69, 9.17) is 11.6 Å². The fourth-order valence-electron chi connectivity index (χ4n) is 3.30.